The number of carbonyl (C=O) groups excluding carboxylic acids is 1. The molecule has 0 saturated heterocycles. The monoisotopic (exact) mass is 438 g/mol. The van der Waals surface area contributed by atoms with Crippen LogP contribution in [0.2, 0.25) is 0 Å². The zero-order valence-corrected chi connectivity index (χ0v) is 15.9. The number of halogens is 5. The van der Waals surface area contributed by atoms with Gasteiger partial charge in [-0.25, -0.2) is 4.79 Å². The van der Waals surface area contributed by atoms with Crippen molar-refractivity contribution >= 4 is 32.4 Å². The van der Waals surface area contributed by atoms with Crippen LogP contribution in [0.5, 0.6) is 0 Å². The maximum absolute atomic E-state index is 13.9. The minimum Gasteiger partial charge on any atom is -0.441 e. The number of hydrogen-bond acceptors (Lipinski definition) is 5. The molecule has 2 aromatic carbocycles. The summed E-state index contributed by atoms with van der Waals surface area (Å²) in [5.41, 5.74) is 1.07. The molecule has 0 spiro atoms. The number of esters is 1. The second-order valence-electron chi connectivity index (χ2n) is 6.07. The number of ether oxygens (including phenoxy) is 1. The molecule has 1 unspecified atom stereocenters. The molecule has 5 nitrogen and oxygen atoms in total. The van der Waals surface area contributed by atoms with Crippen LogP contribution in [0.3, 0.4) is 0 Å². The van der Waals surface area contributed by atoms with Crippen molar-refractivity contribution in [2.45, 2.75) is 24.5 Å². The van der Waals surface area contributed by atoms with E-state index < -0.39 is 39.2 Å². The lowest BCUT2D eigenvalue weighted by atomic mass is 10.0. The van der Waals surface area contributed by atoms with Crippen LogP contribution in [0.25, 0.3) is 16.3 Å². The number of allylic oxidation sites excluding steroid dienone is 1. The van der Waals surface area contributed by atoms with Crippen molar-refractivity contribution in [3.63, 3.8) is 0 Å². The van der Waals surface area contributed by atoms with Crippen LogP contribution in [-0.4, -0.2) is 39.0 Å². The minimum atomic E-state index is -5.99. The second-order valence-corrected chi connectivity index (χ2v) is 7.85. The molecule has 0 heterocycles. The van der Waals surface area contributed by atoms with E-state index >= 15 is 0 Å². The first-order valence-electron chi connectivity index (χ1n) is 7.86. The smallest absolute Gasteiger partial charge is 0.432 e. The first kappa shape index (κ1) is 22.8. The van der Waals surface area contributed by atoms with Gasteiger partial charge >= 0.3 is 27.5 Å². The Balaban J connectivity index is 2.41. The first-order valence-corrected chi connectivity index (χ1v) is 9.27. The van der Waals surface area contributed by atoms with Gasteiger partial charge in [-0.15, -0.1) is 0 Å². The van der Waals surface area contributed by atoms with E-state index in [2.05, 4.69) is 15.5 Å². The summed E-state index contributed by atoms with van der Waals surface area (Å²) in [5, 5.41) is -4.52. The average molecular weight is 438 g/mol. The number of hydrogen-bond donors (Lipinski definition) is 0. The maximum Gasteiger partial charge on any atom is 0.432 e. The summed E-state index contributed by atoms with van der Waals surface area (Å²) in [4.78, 5) is 12.1. The van der Waals surface area contributed by atoms with E-state index in [-0.39, 0.29) is 7.11 Å². The molecule has 0 fully saturated rings. The van der Waals surface area contributed by atoms with Crippen LogP contribution in [0, 0.1) is 0 Å². The van der Waals surface area contributed by atoms with E-state index in [0.717, 1.165) is 23.3 Å². The van der Waals surface area contributed by atoms with Crippen molar-refractivity contribution in [1.29, 1.82) is 0 Å². The Morgan fingerprint density at radius 1 is 1.00 bits per heavy atom. The molecule has 2 aromatic rings. The number of benzene rings is 2. The minimum absolute atomic E-state index is 0.265. The lowest BCUT2D eigenvalue weighted by molar-refractivity contribution is -0.248. The van der Waals surface area contributed by atoms with E-state index in [1.165, 1.54) is 6.07 Å². The third-order valence-corrected chi connectivity index (χ3v) is 5.27. The Bertz CT molecular complexity index is 1060. The number of alkyl halides is 5. The highest BCUT2D eigenvalue weighted by atomic mass is 32.2. The fraction of sp³-hybridized carbons (Fsp3) is 0.278. The quantitative estimate of drug-likeness (QED) is 0.377. The highest BCUT2D eigenvalue weighted by Crippen LogP contribution is 2.39. The SMILES string of the molecule is C=C(C)c1ccc2cc(C(=O)OC(C(F)(F)F)C(F)(F)S(=O)(=O)OC)ccc2c1. The maximum atomic E-state index is 13.9. The summed E-state index contributed by atoms with van der Waals surface area (Å²) in [5.74, 6) is -1.77. The normalized spacial score (nSPS) is 13.9. The molecule has 2 rings (SSSR count). The van der Waals surface area contributed by atoms with Crippen LogP contribution in [-0.2, 0) is 19.0 Å². The van der Waals surface area contributed by atoms with Crippen LogP contribution in [0.15, 0.2) is 43.0 Å². The summed E-state index contributed by atoms with van der Waals surface area (Å²) >= 11 is 0. The Kier molecular flexibility index (Phi) is 6.05. The van der Waals surface area contributed by atoms with Gasteiger partial charge in [-0.05, 0) is 41.5 Å². The van der Waals surface area contributed by atoms with Gasteiger partial charge in [-0.1, -0.05) is 30.4 Å². The van der Waals surface area contributed by atoms with Crippen molar-refractivity contribution in [2.75, 3.05) is 7.11 Å². The molecule has 0 amide bonds. The van der Waals surface area contributed by atoms with Gasteiger partial charge in [0.2, 0.25) is 0 Å². The molecule has 0 aromatic heterocycles. The molecule has 158 valence electrons. The summed E-state index contributed by atoms with van der Waals surface area (Å²) < 4.78 is 96.7. The molecule has 0 aliphatic rings. The van der Waals surface area contributed by atoms with Gasteiger partial charge in [0.15, 0.2) is 0 Å². The predicted molar refractivity (Wildman–Crippen MR) is 94.8 cm³/mol. The summed E-state index contributed by atoms with van der Waals surface area (Å²) in [6.07, 6.45) is -10.1. The van der Waals surface area contributed by atoms with Gasteiger partial charge in [-0.2, -0.15) is 30.4 Å². The fourth-order valence-corrected chi connectivity index (χ4v) is 3.05. The van der Waals surface area contributed by atoms with E-state index in [4.69, 9.17) is 0 Å². The van der Waals surface area contributed by atoms with Crippen LogP contribution in [0.1, 0.15) is 22.8 Å². The first-order chi connectivity index (χ1) is 13.2. The largest absolute Gasteiger partial charge is 0.441 e. The highest BCUT2D eigenvalue weighted by molar-refractivity contribution is 7.87. The standard InChI is InChI=1S/C18H15F5O5S/c1-10(2)11-4-5-13-9-14(7-6-12(13)8-11)15(24)28-16(17(19,20)21)18(22,23)29(25,26)27-3/h4-9,16H,1H2,2-3H3. The summed E-state index contributed by atoms with van der Waals surface area (Å²) in [6, 6.07) is 8.51. The van der Waals surface area contributed by atoms with Crippen molar-refractivity contribution in [2.24, 2.45) is 0 Å². The molecular weight excluding hydrogens is 423 g/mol. The van der Waals surface area contributed by atoms with E-state index in [1.54, 1.807) is 25.1 Å². The van der Waals surface area contributed by atoms with E-state index in [9.17, 15) is 35.2 Å². The molecular formula is C18H15F5O5S. The highest BCUT2D eigenvalue weighted by Gasteiger charge is 2.66. The third-order valence-electron chi connectivity index (χ3n) is 3.95. The topological polar surface area (TPSA) is 69.7 Å². The fourth-order valence-electron chi connectivity index (χ4n) is 2.38. The molecule has 29 heavy (non-hydrogen) atoms. The van der Waals surface area contributed by atoms with Gasteiger partial charge in [0.1, 0.15) is 0 Å². The molecule has 1 atom stereocenters. The Hall–Kier alpha value is -2.53. The van der Waals surface area contributed by atoms with Crippen LogP contribution in [0.4, 0.5) is 22.0 Å². The third kappa shape index (κ3) is 4.56. The second kappa shape index (κ2) is 7.71. The summed E-state index contributed by atoms with van der Waals surface area (Å²) in [6.45, 7) is 5.53. The Morgan fingerprint density at radius 2 is 1.48 bits per heavy atom. The van der Waals surface area contributed by atoms with E-state index in [1.807, 2.05) is 0 Å². The Labute approximate surface area is 162 Å². The molecule has 0 N–H and O–H groups in total. The van der Waals surface area contributed by atoms with Gasteiger partial charge in [0.05, 0.1) is 12.7 Å². The predicted octanol–water partition coefficient (Wildman–Crippen LogP) is 4.53. The number of fused-ring (bicyclic) bond motifs is 1. The van der Waals surface area contributed by atoms with Crippen molar-refractivity contribution in [3.05, 3.63) is 54.1 Å². The Morgan fingerprint density at radius 3 is 1.93 bits per heavy atom. The van der Waals surface area contributed by atoms with Crippen LogP contribution >= 0.6 is 0 Å². The lowest BCUT2D eigenvalue weighted by Gasteiger charge is -2.27. The molecule has 0 saturated carbocycles. The molecule has 0 aliphatic heterocycles. The average Bonchev–Trinajstić information content (AvgIpc) is 2.63. The van der Waals surface area contributed by atoms with Gasteiger partial charge in [-0.3, -0.25) is 4.18 Å². The zero-order valence-electron chi connectivity index (χ0n) is 15.1. The van der Waals surface area contributed by atoms with Gasteiger partial charge < -0.3 is 4.74 Å². The van der Waals surface area contributed by atoms with Crippen molar-refractivity contribution in [1.82, 2.24) is 0 Å². The molecule has 0 bridgehead atoms. The van der Waals surface area contributed by atoms with E-state index in [0.29, 0.717) is 10.8 Å². The lowest BCUT2D eigenvalue weighted by Crippen LogP contribution is -2.52. The summed E-state index contributed by atoms with van der Waals surface area (Å²) in [7, 11) is -5.73. The zero-order chi connectivity index (χ0) is 22.2. The molecule has 0 aliphatic carbocycles. The van der Waals surface area contributed by atoms with Crippen LogP contribution < -0.4 is 0 Å². The molecule has 11 heteroatoms. The molecule has 0 radical (unpaired) electrons. The number of rotatable bonds is 6. The van der Waals surface area contributed by atoms with Gasteiger partial charge in [0.25, 0.3) is 6.10 Å². The van der Waals surface area contributed by atoms with Crippen molar-refractivity contribution in [3.8, 4) is 0 Å². The van der Waals surface area contributed by atoms with Gasteiger partial charge in [0, 0.05) is 0 Å². The van der Waals surface area contributed by atoms with Crippen molar-refractivity contribution < 1.29 is 44.1 Å². The number of carbonyl (C=O) groups is 1.